The van der Waals surface area contributed by atoms with E-state index in [1.807, 2.05) is 20.1 Å². The lowest BCUT2D eigenvalue weighted by atomic mass is 10.1. The molecule has 2 aromatic rings. The number of anilines is 1. The van der Waals surface area contributed by atoms with Crippen LogP contribution in [0.2, 0.25) is 0 Å². The normalized spacial score (nSPS) is 21.3. The molecule has 1 saturated carbocycles. The van der Waals surface area contributed by atoms with Gasteiger partial charge in [-0.3, -0.25) is 0 Å². The number of thioether (sulfide) groups is 1. The Morgan fingerprint density at radius 3 is 2.76 bits per heavy atom. The number of nitrogens with zero attached hydrogens (tertiary/aromatic N) is 4. The number of aromatic nitrogens is 4. The Balaban J connectivity index is 0.000000774. The first-order chi connectivity index (χ1) is 10.2. The average Bonchev–Trinajstić information content (AvgIpc) is 3.15. The van der Waals surface area contributed by atoms with Crippen molar-refractivity contribution in [2.24, 2.45) is 5.92 Å². The Morgan fingerprint density at radius 1 is 1.38 bits per heavy atom. The summed E-state index contributed by atoms with van der Waals surface area (Å²) in [7, 11) is 0. The van der Waals surface area contributed by atoms with Crippen molar-refractivity contribution in [3.63, 3.8) is 0 Å². The fraction of sp³-hybridized carbons (Fsp3) is 0.643. The molecule has 3 rings (SSSR count). The van der Waals surface area contributed by atoms with E-state index < -0.39 is 0 Å². The summed E-state index contributed by atoms with van der Waals surface area (Å²) in [4.78, 5) is 13.1. The third kappa shape index (κ3) is 3.13. The lowest BCUT2D eigenvalue weighted by Gasteiger charge is -2.12. The molecule has 0 radical (unpaired) electrons. The summed E-state index contributed by atoms with van der Waals surface area (Å²) in [6, 6.07) is 0.353. The van der Waals surface area contributed by atoms with E-state index in [2.05, 4.69) is 19.5 Å². The number of aliphatic hydroxyl groups is 1. The second kappa shape index (κ2) is 7.09. The summed E-state index contributed by atoms with van der Waals surface area (Å²) in [5, 5.41) is 9.92. The molecule has 0 amide bonds. The van der Waals surface area contributed by atoms with Crippen LogP contribution in [0.25, 0.3) is 11.2 Å². The van der Waals surface area contributed by atoms with Crippen molar-refractivity contribution in [3.05, 3.63) is 6.33 Å². The van der Waals surface area contributed by atoms with Crippen molar-refractivity contribution in [2.45, 2.75) is 44.3 Å². The first-order valence-electron chi connectivity index (χ1n) is 7.37. The quantitative estimate of drug-likeness (QED) is 0.669. The van der Waals surface area contributed by atoms with Crippen LogP contribution in [0.4, 0.5) is 5.82 Å². The Bertz CT molecular complexity index is 600. The van der Waals surface area contributed by atoms with Gasteiger partial charge in [0.15, 0.2) is 16.6 Å². The maximum atomic E-state index is 9.25. The minimum atomic E-state index is 0.260. The Morgan fingerprint density at radius 2 is 2.14 bits per heavy atom. The zero-order chi connectivity index (χ0) is 15.4. The summed E-state index contributed by atoms with van der Waals surface area (Å²) in [6.45, 7) is 4.26. The molecule has 0 saturated heterocycles. The maximum Gasteiger partial charge on any atom is 0.191 e. The van der Waals surface area contributed by atoms with Crippen LogP contribution in [0.3, 0.4) is 0 Å². The van der Waals surface area contributed by atoms with E-state index in [0.29, 0.717) is 28.5 Å². The van der Waals surface area contributed by atoms with E-state index in [1.165, 1.54) is 11.8 Å². The van der Waals surface area contributed by atoms with Gasteiger partial charge in [0.05, 0.1) is 6.33 Å². The lowest BCUT2D eigenvalue weighted by Crippen LogP contribution is -2.07. The zero-order valence-electron chi connectivity index (χ0n) is 12.8. The molecule has 2 atom stereocenters. The first kappa shape index (κ1) is 16.0. The highest BCUT2D eigenvalue weighted by atomic mass is 32.2. The van der Waals surface area contributed by atoms with Crippen LogP contribution in [0.15, 0.2) is 11.5 Å². The first-order valence-corrected chi connectivity index (χ1v) is 8.60. The molecule has 3 N–H and O–H groups in total. The van der Waals surface area contributed by atoms with Gasteiger partial charge in [-0.2, -0.15) is 0 Å². The summed E-state index contributed by atoms with van der Waals surface area (Å²) < 4.78 is 2.09. The number of nitrogens with two attached hydrogens (primary N) is 1. The number of hydrogen-bond donors (Lipinski definition) is 2. The van der Waals surface area contributed by atoms with E-state index in [1.54, 1.807) is 6.33 Å². The molecule has 0 aromatic carbocycles. The van der Waals surface area contributed by atoms with E-state index in [0.717, 1.165) is 24.9 Å². The van der Waals surface area contributed by atoms with Crippen LogP contribution >= 0.6 is 11.8 Å². The Kier molecular flexibility index (Phi) is 5.41. The van der Waals surface area contributed by atoms with Crippen LogP contribution in [-0.4, -0.2) is 37.5 Å². The smallest absolute Gasteiger partial charge is 0.191 e. The summed E-state index contributed by atoms with van der Waals surface area (Å²) in [5.74, 6) is 0.825. The second-order valence-electron chi connectivity index (χ2n) is 4.94. The highest BCUT2D eigenvalue weighted by Crippen LogP contribution is 2.36. The Hall–Kier alpha value is -1.34. The molecule has 7 heteroatoms. The molecular weight excluding hydrogens is 286 g/mol. The standard InChI is InChI=1S/C12H17N5OS.C2H6/c1-19-12-15-10(13)9-11(16-12)17(6-14-9)8-3-2-7(4-8)5-18;1-2/h6-8,18H,2-5H2,1H3,(H2,13,15,16);1-2H3. The number of rotatable bonds is 3. The van der Waals surface area contributed by atoms with Crippen molar-refractivity contribution >= 4 is 28.7 Å². The number of nitrogen functional groups attached to an aromatic ring is 1. The van der Waals surface area contributed by atoms with E-state index >= 15 is 0 Å². The van der Waals surface area contributed by atoms with E-state index in [9.17, 15) is 5.11 Å². The van der Waals surface area contributed by atoms with Gasteiger partial charge in [0.25, 0.3) is 0 Å². The van der Waals surface area contributed by atoms with E-state index in [4.69, 9.17) is 5.73 Å². The molecular formula is C14H23N5OS. The summed E-state index contributed by atoms with van der Waals surface area (Å²) in [5.41, 5.74) is 7.40. The van der Waals surface area contributed by atoms with Crippen LogP contribution in [0, 0.1) is 5.92 Å². The topological polar surface area (TPSA) is 89.8 Å². The van der Waals surface area contributed by atoms with Gasteiger partial charge in [-0.05, 0) is 31.4 Å². The summed E-state index contributed by atoms with van der Waals surface area (Å²) >= 11 is 1.47. The number of aliphatic hydroxyl groups excluding tert-OH is 1. The highest BCUT2D eigenvalue weighted by Gasteiger charge is 2.27. The maximum absolute atomic E-state index is 9.25. The van der Waals surface area contributed by atoms with Gasteiger partial charge in [0.1, 0.15) is 5.52 Å². The van der Waals surface area contributed by atoms with Gasteiger partial charge in [-0.1, -0.05) is 25.6 Å². The summed E-state index contributed by atoms with van der Waals surface area (Å²) in [6.07, 6.45) is 6.80. The second-order valence-corrected chi connectivity index (χ2v) is 5.71. The van der Waals surface area contributed by atoms with Gasteiger partial charge in [0, 0.05) is 12.6 Å². The van der Waals surface area contributed by atoms with Gasteiger partial charge >= 0.3 is 0 Å². The molecule has 0 spiro atoms. The van der Waals surface area contributed by atoms with Crippen LogP contribution in [0.5, 0.6) is 0 Å². The minimum absolute atomic E-state index is 0.260. The average molecular weight is 309 g/mol. The van der Waals surface area contributed by atoms with Crippen LogP contribution < -0.4 is 5.73 Å². The molecule has 2 aromatic heterocycles. The third-order valence-corrected chi connectivity index (χ3v) is 4.32. The molecule has 6 nitrogen and oxygen atoms in total. The van der Waals surface area contributed by atoms with Crippen molar-refractivity contribution in [1.29, 1.82) is 0 Å². The highest BCUT2D eigenvalue weighted by molar-refractivity contribution is 7.98. The van der Waals surface area contributed by atoms with Gasteiger partial charge in [0.2, 0.25) is 0 Å². The number of hydrogen-bond acceptors (Lipinski definition) is 6. The van der Waals surface area contributed by atoms with Crippen molar-refractivity contribution < 1.29 is 5.11 Å². The Labute approximate surface area is 129 Å². The third-order valence-electron chi connectivity index (χ3n) is 3.78. The molecule has 1 aliphatic rings. The number of imidazole rings is 1. The van der Waals surface area contributed by atoms with Crippen LogP contribution in [-0.2, 0) is 0 Å². The SMILES string of the molecule is CC.CSc1nc(N)c2ncn(C3CCC(CO)C3)c2n1. The molecule has 0 aliphatic heterocycles. The lowest BCUT2D eigenvalue weighted by molar-refractivity contribution is 0.226. The van der Waals surface area contributed by atoms with E-state index in [-0.39, 0.29) is 6.61 Å². The molecule has 2 heterocycles. The largest absolute Gasteiger partial charge is 0.396 e. The van der Waals surface area contributed by atoms with Crippen LogP contribution in [0.1, 0.15) is 39.2 Å². The molecule has 116 valence electrons. The van der Waals surface area contributed by atoms with Gasteiger partial charge in [-0.25, -0.2) is 15.0 Å². The minimum Gasteiger partial charge on any atom is -0.396 e. The molecule has 21 heavy (non-hydrogen) atoms. The predicted molar refractivity (Wildman–Crippen MR) is 86.3 cm³/mol. The zero-order valence-corrected chi connectivity index (χ0v) is 13.6. The molecule has 0 bridgehead atoms. The predicted octanol–water partition coefficient (Wildman–Crippen LogP) is 2.49. The van der Waals surface area contributed by atoms with Gasteiger partial charge < -0.3 is 15.4 Å². The monoisotopic (exact) mass is 309 g/mol. The van der Waals surface area contributed by atoms with Crippen molar-refractivity contribution in [1.82, 2.24) is 19.5 Å². The molecule has 2 unspecified atom stereocenters. The number of fused-ring (bicyclic) bond motifs is 1. The van der Waals surface area contributed by atoms with Crippen molar-refractivity contribution in [2.75, 3.05) is 18.6 Å². The van der Waals surface area contributed by atoms with Gasteiger partial charge in [-0.15, -0.1) is 0 Å². The van der Waals surface area contributed by atoms with Crippen molar-refractivity contribution in [3.8, 4) is 0 Å². The fourth-order valence-electron chi connectivity index (χ4n) is 2.74. The molecule has 1 aliphatic carbocycles. The molecule has 1 fully saturated rings. The fourth-order valence-corrected chi connectivity index (χ4v) is 3.11.